The van der Waals surface area contributed by atoms with Crippen LogP contribution in [-0.2, 0) is 13.5 Å². The van der Waals surface area contributed by atoms with E-state index in [-0.39, 0.29) is 18.4 Å². The fraction of sp³-hybridized carbons (Fsp3) is 0.231. The van der Waals surface area contributed by atoms with Crippen LogP contribution in [0.15, 0.2) is 24.5 Å². The molecule has 2 N–H and O–H groups in total. The van der Waals surface area contributed by atoms with Gasteiger partial charge in [0.25, 0.3) is 11.8 Å². The van der Waals surface area contributed by atoms with Crippen LogP contribution in [0.4, 0.5) is 5.69 Å². The van der Waals surface area contributed by atoms with E-state index in [0.29, 0.717) is 23.2 Å². The highest BCUT2D eigenvalue weighted by molar-refractivity contribution is 6.23. The second-order valence-corrected chi connectivity index (χ2v) is 4.64. The van der Waals surface area contributed by atoms with Gasteiger partial charge in [-0.2, -0.15) is 0 Å². The van der Waals surface area contributed by atoms with Crippen molar-refractivity contribution >= 4 is 17.5 Å². The van der Waals surface area contributed by atoms with E-state index in [1.165, 1.54) is 4.90 Å². The SMILES string of the molecule is Cn1cnnc1CCN1C(=O)c2cccc(N)c2C1=O. The van der Waals surface area contributed by atoms with Gasteiger partial charge in [-0.1, -0.05) is 6.07 Å². The topological polar surface area (TPSA) is 94.1 Å². The van der Waals surface area contributed by atoms with Gasteiger partial charge in [0.1, 0.15) is 12.2 Å². The minimum absolute atomic E-state index is 0.262. The number of fused-ring (bicyclic) bond motifs is 1. The lowest BCUT2D eigenvalue weighted by molar-refractivity contribution is 0.0655. The van der Waals surface area contributed by atoms with Gasteiger partial charge in [-0.3, -0.25) is 14.5 Å². The van der Waals surface area contributed by atoms with E-state index in [1.807, 2.05) is 7.05 Å². The Hall–Kier alpha value is -2.70. The molecular formula is C13H13N5O2. The van der Waals surface area contributed by atoms with Crippen molar-refractivity contribution in [1.29, 1.82) is 0 Å². The Bertz CT molecular complexity index is 707. The molecule has 7 heteroatoms. The number of aryl methyl sites for hydroxylation is 1. The minimum atomic E-state index is -0.342. The van der Waals surface area contributed by atoms with Gasteiger partial charge in [0.2, 0.25) is 0 Å². The molecule has 0 saturated heterocycles. The summed E-state index contributed by atoms with van der Waals surface area (Å²) < 4.78 is 1.76. The number of nitrogens with two attached hydrogens (primary N) is 1. The first-order valence-corrected chi connectivity index (χ1v) is 6.17. The van der Waals surface area contributed by atoms with E-state index in [2.05, 4.69) is 10.2 Å². The molecule has 0 aliphatic carbocycles. The van der Waals surface area contributed by atoms with Gasteiger partial charge in [0, 0.05) is 25.7 Å². The van der Waals surface area contributed by atoms with Crippen molar-refractivity contribution in [3.63, 3.8) is 0 Å². The van der Waals surface area contributed by atoms with Crippen LogP contribution in [0.25, 0.3) is 0 Å². The maximum Gasteiger partial charge on any atom is 0.263 e. The zero-order valence-corrected chi connectivity index (χ0v) is 10.9. The molecule has 1 aliphatic heterocycles. The molecular weight excluding hydrogens is 258 g/mol. The normalized spacial score (nSPS) is 13.9. The second kappa shape index (κ2) is 4.44. The number of nitrogens with zero attached hydrogens (tertiary/aromatic N) is 4. The monoisotopic (exact) mass is 271 g/mol. The molecule has 0 fully saturated rings. The molecule has 1 aromatic carbocycles. The third kappa shape index (κ3) is 1.75. The summed E-state index contributed by atoms with van der Waals surface area (Å²) in [5.74, 6) is 0.0688. The van der Waals surface area contributed by atoms with E-state index in [4.69, 9.17) is 5.73 Å². The van der Waals surface area contributed by atoms with Crippen molar-refractivity contribution in [2.75, 3.05) is 12.3 Å². The predicted molar refractivity (Wildman–Crippen MR) is 70.9 cm³/mol. The Kier molecular flexibility index (Phi) is 2.74. The Morgan fingerprint density at radius 3 is 2.70 bits per heavy atom. The molecule has 7 nitrogen and oxygen atoms in total. The van der Waals surface area contributed by atoms with E-state index < -0.39 is 0 Å². The van der Waals surface area contributed by atoms with Crippen LogP contribution in [0.1, 0.15) is 26.5 Å². The number of benzene rings is 1. The summed E-state index contributed by atoms with van der Waals surface area (Å²) in [6.07, 6.45) is 2.04. The highest BCUT2D eigenvalue weighted by atomic mass is 16.2. The van der Waals surface area contributed by atoms with Gasteiger partial charge in [-0.15, -0.1) is 10.2 Å². The molecule has 1 aromatic heterocycles. The van der Waals surface area contributed by atoms with Gasteiger partial charge in [-0.05, 0) is 12.1 Å². The zero-order valence-electron chi connectivity index (χ0n) is 10.9. The van der Waals surface area contributed by atoms with Gasteiger partial charge in [0.05, 0.1) is 11.1 Å². The number of hydrogen-bond acceptors (Lipinski definition) is 5. The average Bonchev–Trinajstić information content (AvgIpc) is 2.93. The molecule has 2 aromatic rings. The van der Waals surface area contributed by atoms with E-state index in [1.54, 1.807) is 29.1 Å². The molecule has 0 saturated carbocycles. The van der Waals surface area contributed by atoms with Gasteiger partial charge < -0.3 is 10.3 Å². The largest absolute Gasteiger partial charge is 0.398 e. The molecule has 0 radical (unpaired) electrons. The Labute approximate surface area is 115 Å². The Morgan fingerprint density at radius 2 is 2.05 bits per heavy atom. The van der Waals surface area contributed by atoms with Crippen LogP contribution < -0.4 is 5.73 Å². The maximum absolute atomic E-state index is 12.3. The minimum Gasteiger partial charge on any atom is -0.398 e. The molecule has 0 atom stereocenters. The summed E-state index contributed by atoms with van der Waals surface area (Å²) in [6, 6.07) is 4.91. The number of amides is 2. The smallest absolute Gasteiger partial charge is 0.263 e. The lowest BCUT2D eigenvalue weighted by Gasteiger charge is -2.13. The van der Waals surface area contributed by atoms with Crippen LogP contribution in [0.3, 0.4) is 0 Å². The van der Waals surface area contributed by atoms with Crippen LogP contribution in [0.2, 0.25) is 0 Å². The van der Waals surface area contributed by atoms with Crippen LogP contribution in [0.5, 0.6) is 0 Å². The van der Waals surface area contributed by atoms with Crippen LogP contribution in [-0.4, -0.2) is 38.0 Å². The number of aromatic nitrogens is 3. The molecule has 102 valence electrons. The van der Waals surface area contributed by atoms with Crippen molar-refractivity contribution in [3.8, 4) is 0 Å². The van der Waals surface area contributed by atoms with Crippen LogP contribution in [0, 0.1) is 0 Å². The molecule has 0 unspecified atom stereocenters. The van der Waals surface area contributed by atoms with Gasteiger partial charge in [0.15, 0.2) is 0 Å². The number of anilines is 1. The van der Waals surface area contributed by atoms with Crippen molar-refractivity contribution in [3.05, 3.63) is 41.5 Å². The summed E-state index contributed by atoms with van der Waals surface area (Å²) >= 11 is 0. The molecule has 3 rings (SSSR count). The number of hydrogen-bond donors (Lipinski definition) is 1. The van der Waals surface area contributed by atoms with Crippen molar-refractivity contribution in [1.82, 2.24) is 19.7 Å². The Balaban J connectivity index is 1.84. The van der Waals surface area contributed by atoms with Gasteiger partial charge >= 0.3 is 0 Å². The van der Waals surface area contributed by atoms with Crippen LogP contribution >= 0.6 is 0 Å². The summed E-state index contributed by atoms with van der Waals surface area (Å²) in [7, 11) is 1.82. The molecule has 2 heterocycles. The quantitative estimate of drug-likeness (QED) is 0.637. The van der Waals surface area contributed by atoms with E-state index in [9.17, 15) is 9.59 Å². The first kappa shape index (κ1) is 12.3. The maximum atomic E-state index is 12.3. The van der Waals surface area contributed by atoms with E-state index in [0.717, 1.165) is 5.82 Å². The second-order valence-electron chi connectivity index (χ2n) is 4.64. The highest BCUT2D eigenvalue weighted by Gasteiger charge is 2.36. The number of imide groups is 1. The van der Waals surface area contributed by atoms with Crippen molar-refractivity contribution in [2.24, 2.45) is 7.05 Å². The predicted octanol–water partition coefficient (Wildman–Crippen LogP) is 0.236. The molecule has 2 amide bonds. The first-order chi connectivity index (χ1) is 9.59. The fourth-order valence-electron chi connectivity index (χ4n) is 2.31. The zero-order chi connectivity index (χ0) is 14.3. The lowest BCUT2D eigenvalue weighted by atomic mass is 10.1. The highest BCUT2D eigenvalue weighted by Crippen LogP contribution is 2.27. The van der Waals surface area contributed by atoms with E-state index >= 15 is 0 Å². The number of nitrogen functional groups attached to an aromatic ring is 1. The molecule has 20 heavy (non-hydrogen) atoms. The summed E-state index contributed by atoms with van der Waals surface area (Å²) in [6.45, 7) is 0.262. The molecule has 0 spiro atoms. The average molecular weight is 271 g/mol. The number of carbonyl (C=O) groups is 2. The third-order valence-electron chi connectivity index (χ3n) is 3.40. The molecule has 1 aliphatic rings. The van der Waals surface area contributed by atoms with Crippen molar-refractivity contribution < 1.29 is 9.59 Å². The number of rotatable bonds is 3. The van der Waals surface area contributed by atoms with Crippen molar-refractivity contribution in [2.45, 2.75) is 6.42 Å². The summed E-state index contributed by atoms with van der Waals surface area (Å²) in [5, 5.41) is 7.70. The number of carbonyl (C=O) groups excluding carboxylic acids is 2. The first-order valence-electron chi connectivity index (χ1n) is 6.17. The summed E-state index contributed by atoms with van der Waals surface area (Å²) in [4.78, 5) is 25.7. The Morgan fingerprint density at radius 1 is 1.25 bits per heavy atom. The standard InChI is InChI=1S/C13H13N5O2/c1-17-7-15-16-10(17)5-6-18-12(19)8-3-2-4-9(14)11(8)13(18)20/h2-4,7H,5-6,14H2,1H3. The molecule has 0 bridgehead atoms. The van der Waals surface area contributed by atoms with Gasteiger partial charge in [-0.25, -0.2) is 0 Å². The fourth-order valence-corrected chi connectivity index (χ4v) is 2.31. The summed E-state index contributed by atoms with van der Waals surface area (Å²) in [5.41, 5.74) is 6.78. The lowest BCUT2D eigenvalue weighted by Crippen LogP contribution is -2.32. The third-order valence-corrected chi connectivity index (χ3v) is 3.40.